The topological polar surface area (TPSA) is 12.4 Å². The van der Waals surface area contributed by atoms with E-state index in [1.54, 1.807) is 0 Å². The third-order valence-corrected chi connectivity index (χ3v) is 4.28. The second-order valence-electron chi connectivity index (χ2n) is 6.56. The van der Waals surface area contributed by atoms with Gasteiger partial charge in [0, 0.05) is 11.1 Å². The fraction of sp³-hybridized carbons (Fsp3) is 0.706. The lowest BCUT2D eigenvalue weighted by Crippen LogP contribution is -2.17. The molecule has 0 amide bonds. The molecule has 0 spiro atoms. The lowest BCUT2D eigenvalue weighted by molar-refractivity contribution is 0.485. The van der Waals surface area contributed by atoms with Gasteiger partial charge in [-0.05, 0) is 37.5 Å². The predicted molar refractivity (Wildman–Crippen MR) is 82.3 cm³/mol. The van der Waals surface area contributed by atoms with E-state index in [0.29, 0.717) is 5.41 Å². The number of nitrogens with zero attached hydrogens (tertiary/aromatic N) is 1. The Bertz CT molecular complexity index is 337. The van der Waals surface area contributed by atoms with Gasteiger partial charge in [-0.2, -0.15) is 0 Å². The van der Waals surface area contributed by atoms with E-state index in [4.69, 9.17) is 4.99 Å². The van der Waals surface area contributed by atoms with Crippen LogP contribution in [0.15, 0.2) is 29.8 Å². The zero-order valence-corrected chi connectivity index (χ0v) is 12.7. The summed E-state index contributed by atoms with van der Waals surface area (Å²) >= 11 is 0. The Morgan fingerprint density at radius 3 is 2.28 bits per heavy atom. The quantitative estimate of drug-likeness (QED) is 0.434. The summed E-state index contributed by atoms with van der Waals surface area (Å²) in [7, 11) is 0. The van der Waals surface area contributed by atoms with Gasteiger partial charge in [0.05, 0.1) is 6.54 Å². The number of hydrogen-bond acceptors (Lipinski definition) is 1. The van der Waals surface area contributed by atoms with Crippen molar-refractivity contribution >= 4 is 5.71 Å². The van der Waals surface area contributed by atoms with E-state index in [9.17, 15) is 0 Å². The van der Waals surface area contributed by atoms with Crippen LogP contribution in [0.3, 0.4) is 0 Å². The molecule has 18 heavy (non-hydrogen) atoms. The Morgan fingerprint density at radius 1 is 1.28 bits per heavy atom. The van der Waals surface area contributed by atoms with Gasteiger partial charge in [-0.3, -0.25) is 4.99 Å². The van der Waals surface area contributed by atoms with Gasteiger partial charge in [0.15, 0.2) is 0 Å². The van der Waals surface area contributed by atoms with Gasteiger partial charge in [-0.1, -0.05) is 45.9 Å². The molecule has 0 aromatic heterocycles. The molecule has 0 saturated heterocycles. The van der Waals surface area contributed by atoms with Gasteiger partial charge in [0.2, 0.25) is 0 Å². The predicted octanol–water partition coefficient (Wildman–Crippen LogP) is 5.19. The molecule has 1 aliphatic carbocycles. The molecule has 0 bridgehead atoms. The van der Waals surface area contributed by atoms with E-state index in [0.717, 1.165) is 19.4 Å². The highest BCUT2D eigenvalue weighted by atomic mass is 14.8. The molecule has 1 saturated carbocycles. The van der Waals surface area contributed by atoms with Crippen LogP contribution >= 0.6 is 0 Å². The average Bonchev–Trinajstić information content (AvgIpc) is 3.08. The number of hydrogen-bond donors (Lipinski definition) is 0. The molecule has 102 valence electrons. The van der Waals surface area contributed by atoms with Crippen LogP contribution in [0, 0.1) is 10.8 Å². The molecule has 0 atom stereocenters. The summed E-state index contributed by atoms with van der Waals surface area (Å²) in [5.41, 5.74) is 3.39. The molecule has 1 nitrogen and oxygen atoms in total. The maximum atomic E-state index is 4.76. The standard InChI is InChI=1S/C17H29N/c1-7-13-18-15(17(8-2)11-12-17)10-9-14(3)16(4,5)6/h7H,1,3,8-13H2,2,4-6H3. The minimum atomic E-state index is 0.215. The fourth-order valence-electron chi connectivity index (χ4n) is 2.33. The zero-order chi connectivity index (χ0) is 13.8. The molecule has 0 unspecified atom stereocenters. The first-order valence-electron chi connectivity index (χ1n) is 7.18. The first-order chi connectivity index (χ1) is 8.35. The fourth-order valence-corrected chi connectivity index (χ4v) is 2.33. The van der Waals surface area contributed by atoms with Gasteiger partial charge in [-0.25, -0.2) is 0 Å². The van der Waals surface area contributed by atoms with Gasteiger partial charge in [0.1, 0.15) is 0 Å². The molecular formula is C17H29N. The maximum Gasteiger partial charge on any atom is 0.0567 e. The normalized spacial score (nSPS) is 18.6. The lowest BCUT2D eigenvalue weighted by Gasteiger charge is -2.24. The van der Waals surface area contributed by atoms with Crippen LogP contribution < -0.4 is 0 Å². The van der Waals surface area contributed by atoms with Crippen molar-refractivity contribution in [3.8, 4) is 0 Å². The van der Waals surface area contributed by atoms with Crippen molar-refractivity contribution in [3.63, 3.8) is 0 Å². The minimum absolute atomic E-state index is 0.215. The summed E-state index contributed by atoms with van der Waals surface area (Å²) in [6, 6.07) is 0. The van der Waals surface area contributed by atoms with Crippen molar-refractivity contribution in [1.29, 1.82) is 0 Å². The summed E-state index contributed by atoms with van der Waals surface area (Å²) in [6.07, 6.45) is 7.91. The molecule has 0 N–H and O–H groups in total. The molecule has 1 fully saturated rings. The smallest absolute Gasteiger partial charge is 0.0567 e. The van der Waals surface area contributed by atoms with Crippen molar-refractivity contribution < 1.29 is 0 Å². The molecule has 1 aliphatic rings. The Kier molecular flexibility index (Phi) is 4.95. The van der Waals surface area contributed by atoms with Crippen LogP contribution in [-0.2, 0) is 0 Å². The molecule has 0 aromatic carbocycles. The second-order valence-corrected chi connectivity index (χ2v) is 6.56. The van der Waals surface area contributed by atoms with Crippen molar-refractivity contribution in [1.82, 2.24) is 0 Å². The van der Waals surface area contributed by atoms with Crippen LogP contribution in [0.4, 0.5) is 0 Å². The van der Waals surface area contributed by atoms with E-state index < -0.39 is 0 Å². The Balaban J connectivity index is 2.64. The Morgan fingerprint density at radius 2 is 1.89 bits per heavy atom. The van der Waals surface area contributed by atoms with E-state index in [1.807, 2.05) is 6.08 Å². The van der Waals surface area contributed by atoms with Crippen molar-refractivity contribution in [3.05, 3.63) is 24.8 Å². The van der Waals surface area contributed by atoms with Crippen molar-refractivity contribution in [2.75, 3.05) is 6.54 Å². The average molecular weight is 247 g/mol. The molecule has 0 aliphatic heterocycles. The molecule has 1 heteroatoms. The Hall–Kier alpha value is -0.850. The Labute approximate surface area is 113 Å². The SMILES string of the molecule is C=CCN=C(CCC(=C)C(C)(C)C)C1(CC)CC1. The van der Waals surface area contributed by atoms with E-state index >= 15 is 0 Å². The molecule has 0 radical (unpaired) electrons. The highest BCUT2D eigenvalue weighted by Crippen LogP contribution is 2.51. The summed E-state index contributed by atoms with van der Waals surface area (Å²) in [5, 5.41) is 0. The number of allylic oxidation sites excluding steroid dienone is 1. The molecular weight excluding hydrogens is 218 g/mol. The number of rotatable bonds is 7. The monoisotopic (exact) mass is 247 g/mol. The van der Waals surface area contributed by atoms with Crippen molar-refractivity contribution in [2.24, 2.45) is 15.8 Å². The minimum Gasteiger partial charge on any atom is -0.289 e. The lowest BCUT2D eigenvalue weighted by atomic mass is 9.83. The van der Waals surface area contributed by atoms with Crippen LogP contribution in [0.1, 0.15) is 59.8 Å². The van der Waals surface area contributed by atoms with Crippen LogP contribution in [0.5, 0.6) is 0 Å². The molecule has 0 heterocycles. The first kappa shape index (κ1) is 15.2. The molecule has 0 aromatic rings. The highest BCUT2D eigenvalue weighted by Gasteiger charge is 2.44. The summed E-state index contributed by atoms with van der Waals surface area (Å²) in [5.74, 6) is 0. The second kappa shape index (κ2) is 5.86. The third kappa shape index (κ3) is 3.83. The largest absolute Gasteiger partial charge is 0.289 e. The summed E-state index contributed by atoms with van der Waals surface area (Å²) in [4.78, 5) is 4.76. The summed E-state index contributed by atoms with van der Waals surface area (Å²) in [6.45, 7) is 17.8. The zero-order valence-electron chi connectivity index (χ0n) is 12.7. The maximum absolute atomic E-state index is 4.76. The van der Waals surface area contributed by atoms with Gasteiger partial charge in [0.25, 0.3) is 0 Å². The summed E-state index contributed by atoms with van der Waals surface area (Å²) < 4.78 is 0. The highest BCUT2D eigenvalue weighted by molar-refractivity contribution is 5.92. The van der Waals surface area contributed by atoms with Crippen molar-refractivity contribution in [2.45, 2.75) is 59.8 Å². The van der Waals surface area contributed by atoms with E-state index in [1.165, 1.54) is 30.5 Å². The number of aliphatic imine (C=N–C) groups is 1. The van der Waals surface area contributed by atoms with Gasteiger partial charge in [-0.15, -0.1) is 6.58 Å². The van der Waals surface area contributed by atoms with E-state index in [2.05, 4.69) is 40.9 Å². The van der Waals surface area contributed by atoms with E-state index in [-0.39, 0.29) is 5.41 Å². The third-order valence-electron chi connectivity index (χ3n) is 4.28. The van der Waals surface area contributed by atoms with Gasteiger partial charge >= 0.3 is 0 Å². The first-order valence-corrected chi connectivity index (χ1v) is 7.18. The van der Waals surface area contributed by atoms with Crippen LogP contribution in [0.25, 0.3) is 0 Å². The van der Waals surface area contributed by atoms with Gasteiger partial charge < -0.3 is 0 Å². The van der Waals surface area contributed by atoms with Crippen LogP contribution in [-0.4, -0.2) is 12.3 Å². The molecule has 1 rings (SSSR count). The van der Waals surface area contributed by atoms with Crippen LogP contribution in [0.2, 0.25) is 0 Å².